The molecule has 1 aliphatic carbocycles. The van der Waals surface area contributed by atoms with Gasteiger partial charge in [-0.3, -0.25) is 4.90 Å². The smallest absolute Gasteiger partial charge is 0.339 e. The van der Waals surface area contributed by atoms with Crippen molar-refractivity contribution in [3.63, 3.8) is 0 Å². The maximum Gasteiger partial charge on any atom is 0.339 e. The van der Waals surface area contributed by atoms with Gasteiger partial charge in [-0.25, -0.2) is 4.79 Å². The van der Waals surface area contributed by atoms with Gasteiger partial charge in [-0.2, -0.15) is 0 Å². The lowest BCUT2D eigenvalue weighted by Crippen LogP contribution is -2.37. The van der Waals surface area contributed by atoms with E-state index in [0.717, 1.165) is 45.2 Å². The van der Waals surface area contributed by atoms with E-state index in [-0.39, 0.29) is 0 Å². The van der Waals surface area contributed by atoms with Crippen LogP contribution in [0.1, 0.15) is 61.5 Å². The third kappa shape index (κ3) is 4.25. The van der Waals surface area contributed by atoms with Crippen molar-refractivity contribution in [3.05, 3.63) is 28.8 Å². The van der Waals surface area contributed by atoms with E-state index in [1.165, 1.54) is 11.1 Å². The molecule has 0 aliphatic heterocycles. The van der Waals surface area contributed by atoms with Gasteiger partial charge in [0, 0.05) is 6.04 Å². The molecule has 0 bridgehead atoms. The normalized spacial score (nSPS) is 16.6. The van der Waals surface area contributed by atoms with Crippen LogP contribution in [0, 0.1) is 0 Å². The first-order chi connectivity index (χ1) is 11.1. The Bertz CT molecular complexity index is 536. The summed E-state index contributed by atoms with van der Waals surface area (Å²) in [5, 5.41) is 9.45. The summed E-state index contributed by atoms with van der Waals surface area (Å²) in [4.78, 5) is 14.1. The minimum atomic E-state index is -0.902. The van der Waals surface area contributed by atoms with Gasteiger partial charge in [0.15, 0.2) is 0 Å². The van der Waals surface area contributed by atoms with Gasteiger partial charge >= 0.3 is 5.97 Å². The van der Waals surface area contributed by atoms with Crippen LogP contribution in [0.15, 0.2) is 12.1 Å². The maximum absolute atomic E-state index is 11.5. The average molecular weight is 319 g/mol. The molecular weight excluding hydrogens is 290 g/mol. The monoisotopic (exact) mass is 319 g/mol. The van der Waals surface area contributed by atoms with Gasteiger partial charge in [0.1, 0.15) is 11.3 Å². The molecule has 0 heterocycles. The molecule has 4 heteroatoms. The largest absolute Gasteiger partial charge is 0.493 e. The Morgan fingerprint density at radius 3 is 2.26 bits per heavy atom. The molecule has 128 valence electrons. The number of ether oxygens (including phenoxy) is 1. The van der Waals surface area contributed by atoms with Gasteiger partial charge in [-0.1, -0.05) is 20.8 Å². The molecule has 23 heavy (non-hydrogen) atoms. The van der Waals surface area contributed by atoms with Crippen LogP contribution < -0.4 is 4.74 Å². The number of hydrogen-bond acceptors (Lipinski definition) is 3. The highest BCUT2D eigenvalue weighted by Crippen LogP contribution is 2.32. The van der Waals surface area contributed by atoms with Gasteiger partial charge in [0.25, 0.3) is 0 Å². The summed E-state index contributed by atoms with van der Waals surface area (Å²) in [6, 6.07) is 4.29. The number of nitrogens with zero attached hydrogens (tertiary/aromatic N) is 1. The number of aromatic carboxylic acids is 1. The first-order valence-electron chi connectivity index (χ1n) is 8.86. The molecular formula is C19H29NO3. The van der Waals surface area contributed by atoms with Gasteiger partial charge in [-0.15, -0.1) is 0 Å². The van der Waals surface area contributed by atoms with Crippen molar-refractivity contribution in [2.24, 2.45) is 0 Å². The number of benzene rings is 1. The van der Waals surface area contributed by atoms with Crippen molar-refractivity contribution >= 4 is 5.97 Å². The molecule has 4 nitrogen and oxygen atoms in total. The van der Waals surface area contributed by atoms with Crippen molar-refractivity contribution in [2.45, 2.75) is 58.9 Å². The van der Waals surface area contributed by atoms with E-state index in [9.17, 15) is 9.90 Å². The highest BCUT2D eigenvalue weighted by molar-refractivity contribution is 5.91. The zero-order valence-corrected chi connectivity index (χ0v) is 14.6. The summed E-state index contributed by atoms with van der Waals surface area (Å²) in [5.74, 6) is -0.377. The van der Waals surface area contributed by atoms with Crippen LogP contribution in [-0.2, 0) is 12.8 Å². The Morgan fingerprint density at radius 1 is 1.13 bits per heavy atom. The molecule has 0 fully saturated rings. The number of rotatable bonds is 9. The molecule has 1 aromatic rings. The number of carbonyl (C=O) groups is 1. The van der Waals surface area contributed by atoms with E-state index < -0.39 is 5.97 Å². The van der Waals surface area contributed by atoms with Crippen LogP contribution >= 0.6 is 0 Å². The quantitative estimate of drug-likeness (QED) is 0.753. The van der Waals surface area contributed by atoms with E-state index in [1.807, 2.05) is 19.1 Å². The van der Waals surface area contributed by atoms with Crippen LogP contribution in [0.2, 0.25) is 0 Å². The molecule has 0 spiro atoms. The fourth-order valence-corrected chi connectivity index (χ4v) is 3.43. The molecule has 0 radical (unpaired) electrons. The third-order valence-corrected chi connectivity index (χ3v) is 4.44. The van der Waals surface area contributed by atoms with E-state index in [2.05, 4.69) is 18.7 Å². The first-order valence-corrected chi connectivity index (χ1v) is 8.86. The number of hydrogen-bond donors (Lipinski definition) is 1. The average Bonchev–Trinajstić information content (AvgIpc) is 2.94. The summed E-state index contributed by atoms with van der Waals surface area (Å²) in [6.07, 6.45) is 5.12. The van der Waals surface area contributed by atoms with Crippen LogP contribution in [0.3, 0.4) is 0 Å². The Hall–Kier alpha value is -1.55. The van der Waals surface area contributed by atoms with Gasteiger partial charge in [0.2, 0.25) is 0 Å². The SMILES string of the molecule is CCCOc1cc2c(cc1C(=O)O)CC(N(CCC)CCC)C2. The molecule has 0 saturated carbocycles. The second-order valence-corrected chi connectivity index (χ2v) is 6.37. The minimum Gasteiger partial charge on any atom is -0.493 e. The fourth-order valence-electron chi connectivity index (χ4n) is 3.43. The molecule has 0 aromatic heterocycles. The lowest BCUT2D eigenvalue weighted by Gasteiger charge is -2.27. The zero-order valence-electron chi connectivity index (χ0n) is 14.6. The fraction of sp³-hybridized carbons (Fsp3) is 0.632. The van der Waals surface area contributed by atoms with E-state index in [0.29, 0.717) is 24.0 Å². The minimum absolute atomic E-state index is 0.301. The van der Waals surface area contributed by atoms with E-state index in [1.54, 1.807) is 0 Å². The predicted octanol–water partition coefficient (Wildman–Crippen LogP) is 3.76. The third-order valence-electron chi connectivity index (χ3n) is 4.44. The van der Waals surface area contributed by atoms with Crippen LogP contribution in [0.5, 0.6) is 5.75 Å². The highest BCUT2D eigenvalue weighted by Gasteiger charge is 2.28. The molecule has 0 saturated heterocycles. The molecule has 1 aromatic carbocycles. The van der Waals surface area contributed by atoms with Crippen molar-refractivity contribution in [1.82, 2.24) is 4.90 Å². The molecule has 1 atom stereocenters. The molecule has 1 N–H and O–H groups in total. The van der Waals surface area contributed by atoms with E-state index >= 15 is 0 Å². The molecule has 1 unspecified atom stereocenters. The number of fused-ring (bicyclic) bond motifs is 1. The second kappa shape index (κ2) is 8.34. The summed E-state index contributed by atoms with van der Waals surface area (Å²) >= 11 is 0. The maximum atomic E-state index is 11.5. The number of carboxylic acid groups (broad SMARTS) is 1. The molecule has 2 rings (SSSR count). The van der Waals surface area contributed by atoms with Crippen LogP contribution in [0.4, 0.5) is 0 Å². The second-order valence-electron chi connectivity index (χ2n) is 6.37. The highest BCUT2D eigenvalue weighted by atomic mass is 16.5. The Kier molecular flexibility index (Phi) is 6.46. The van der Waals surface area contributed by atoms with Crippen molar-refractivity contribution in [3.8, 4) is 5.75 Å². The number of carboxylic acids is 1. The Morgan fingerprint density at radius 2 is 1.74 bits per heavy atom. The van der Waals surface area contributed by atoms with Crippen molar-refractivity contribution in [2.75, 3.05) is 19.7 Å². The molecule has 0 amide bonds. The lowest BCUT2D eigenvalue weighted by atomic mass is 10.1. The predicted molar refractivity (Wildman–Crippen MR) is 92.5 cm³/mol. The molecule has 1 aliphatic rings. The summed E-state index contributed by atoms with van der Waals surface area (Å²) in [5.41, 5.74) is 2.73. The summed E-state index contributed by atoms with van der Waals surface area (Å²) in [6.45, 7) is 9.22. The van der Waals surface area contributed by atoms with E-state index in [4.69, 9.17) is 4.74 Å². The summed E-state index contributed by atoms with van der Waals surface area (Å²) < 4.78 is 5.67. The van der Waals surface area contributed by atoms with Gasteiger partial charge in [-0.05, 0) is 68.5 Å². The Balaban J connectivity index is 2.22. The Labute approximate surface area is 139 Å². The first kappa shape index (κ1) is 17.8. The van der Waals surface area contributed by atoms with Gasteiger partial charge in [0.05, 0.1) is 6.61 Å². The summed E-state index contributed by atoms with van der Waals surface area (Å²) in [7, 11) is 0. The van der Waals surface area contributed by atoms with Crippen LogP contribution in [-0.4, -0.2) is 41.7 Å². The topological polar surface area (TPSA) is 49.8 Å². The standard InChI is InChI=1S/C19H29NO3/c1-4-7-20(8-5-2)16-10-14-12-17(19(21)22)18(23-9-6-3)13-15(14)11-16/h12-13,16H,4-11H2,1-3H3,(H,21,22). The van der Waals surface area contributed by atoms with Crippen molar-refractivity contribution < 1.29 is 14.6 Å². The van der Waals surface area contributed by atoms with Crippen molar-refractivity contribution in [1.29, 1.82) is 0 Å². The lowest BCUT2D eigenvalue weighted by molar-refractivity contribution is 0.0692. The van der Waals surface area contributed by atoms with Crippen LogP contribution in [0.25, 0.3) is 0 Å². The van der Waals surface area contributed by atoms with Gasteiger partial charge < -0.3 is 9.84 Å². The zero-order chi connectivity index (χ0) is 16.8.